The number of benzene rings is 3. The molecule has 214 valence electrons. The molecule has 1 saturated heterocycles. The van der Waals surface area contributed by atoms with Gasteiger partial charge < -0.3 is 25.4 Å². The monoisotopic (exact) mass is 557 g/mol. The molecule has 0 spiro atoms. The van der Waals surface area contributed by atoms with E-state index < -0.39 is 47.4 Å². The average Bonchev–Trinajstić information content (AvgIpc) is 3.38. The number of carboxylic acids is 1. The molecule has 2 unspecified atom stereocenters. The second-order valence-corrected chi connectivity index (χ2v) is 11.1. The van der Waals surface area contributed by atoms with Gasteiger partial charge in [-0.1, -0.05) is 87.5 Å². The standard InChI is InChI=1S/C32H35N3O6/c1-31(2,3)32(29(38)39)18-17-26(23-13-8-5-9-14-23)35(32)27(36)20-33-30(40)34-25-16-10-15-24(19-25)28(37)41-21-22-11-6-4-7-12-22/h4-16,19,26H,17-18,20-21H2,1-3H3,(H,38,39)(H2,33,34,40). The Balaban J connectivity index is 1.43. The van der Waals surface area contributed by atoms with E-state index in [2.05, 4.69) is 10.6 Å². The summed E-state index contributed by atoms with van der Waals surface area (Å²) in [4.78, 5) is 53.1. The first-order valence-electron chi connectivity index (χ1n) is 13.5. The quantitative estimate of drug-likeness (QED) is 0.319. The number of carboxylic acid groups (broad SMARTS) is 1. The van der Waals surface area contributed by atoms with Crippen molar-refractivity contribution in [3.63, 3.8) is 0 Å². The van der Waals surface area contributed by atoms with E-state index in [1.54, 1.807) is 18.2 Å². The zero-order valence-electron chi connectivity index (χ0n) is 23.4. The van der Waals surface area contributed by atoms with Crippen LogP contribution in [-0.4, -0.2) is 46.0 Å². The van der Waals surface area contributed by atoms with Crippen LogP contribution in [0.4, 0.5) is 10.5 Å². The molecule has 2 atom stereocenters. The summed E-state index contributed by atoms with van der Waals surface area (Å²) in [5.74, 6) is -2.11. The molecular formula is C32H35N3O6. The van der Waals surface area contributed by atoms with Crippen molar-refractivity contribution in [3.05, 3.63) is 102 Å². The van der Waals surface area contributed by atoms with E-state index in [0.717, 1.165) is 11.1 Å². The largest absolute Gasteiger partial charge is 0.479 e. The highest BCUT2D eigenvalue weighted by atomic mass is 16.5. The fourth-order valence-electron chi connectivity index (χ4n) is 5.45. The third kappa shape index (κ3) is 6.40. The van der Waals surface area contributed by atoms with Crippen molar-refractivity contribution in [1.29, 1.82) is 0 Å². The van der Waals surface area contributed by atoms with Gasteiger partial charge in [-0.2, -0.15) is 0 Å². The van der Waals surface area contributed by atoms with Crippen molar-refractivity contribution in [1.82, 2.24) is 10.2 Å². The molecule has 3 N–H and O–H groups in total. The Kier molecular flexibility index (Phi) is 8.76. The minimum absolute atomic E-state index is 0.118. The summed E-state index contributed by atoms with van der Waals surface area (Å²) in [6, 6.07) is 23.8. The van der Waals surface area contributed by atoms with Gasteiger partial charge in [0.25, 0.3) is 0 Å². The summed E-state index contributed by atoms with van der Waals surface area (Å²) >= 11 is 0. The molecule has 3 amide bonds. The molecule has 1 aliphatic heterocycles. The zero-order chi connectivity index (χ0) is 29.6. The smallest absolute Gasteiger partial charge is 0.338 e. The maximum Gasteiger partial charge on any atom is 0.338 e. The molecule has 41 heavy (non-hydrogen) atoms. The number of amides is 3. The highest BCUT2D eigenvalue weighted by molar-refractivity contribution is 5.96. The summed E-state index contributed by atoms with van der Waals surface area (Å²) in [5.41, 5.74) is 0.0715. The maximum atomic E-state index is 13.6. The molecular weight excluding hydrogens is 522 g/mol. The Morgan fingerprint density at radius 3 is 2.24 bits per heavy atom. The number of hydrogen-bond acceptors (Lipinski definition) is 5. The molecule has 0 bridgehead atoms. The molecule has 4 rings (SSSR count). The number of nitrogens with zero attached hydrogens (tertiary/aromatic N) is 1. The van der Waals surface area contributed by atoms with Crippen LogP contribution in [0.3, 0.4) is 0 Å². The molecule has 1 fully saturated rings. The van der Waals surface area contributed by atoms with Crippen LogP contribution in [0.1, 0.15) is 61.1 Å². The number of urea groups is 1. The fourth-order valence-corrected chi connectivity index (χ4v) is 5.45. The summed E-state index contributed by atoms with van der Waals surface area (Å²) in [6.07, 6.45) is 0.773. The Bertz CT molecular complexity index is 1400. The number of aliphatic carboxylic acids is 1. The second kappa shape index (κ2) is 12.2. The number of esters is 1. The number of carbonyl (C=O) groups is 4. The lowest BCUT2D eigenvalue weighted by Crippen LogP contribution is -2.62. The van der Waals surface area contributed by atoms with Crippen LogP contribution in [0.5, 0.6) is 0 Å². The third-order valence-electron chi connectivity index (χ3n) is 7.52. The second-order valence-electron chi connectivity index (χ2n) is 11.1. The van der Waals surface area contributed by atoms with Gasteiger partial charge in [0.15, 0.2) is 0 Å². The van der Waals surface area contributed by atoms with Gasteiger partial charge in [-0.25, -0.2) is 14.4 Å². The van der Waals surface area contributed by atoms with E-state index >= 15 is 0 Å². The number of rotatable bonds is 8. The van der Waals surface area contributed by atoms with Crippen molar-refractivity contribution in [3.8, 4) is 0 Å². The molecule has 3 aromatic rings. The Morgan fingerprint density at radius 1 is 0.951 bits per heavy atom. The van der Waals surface area contributed by atoms with Crippen LogP contribution < -0.4 is 10.6 Å². The summed E-state index contributed by atoms with van der Waals surface area (Å²) in [7, 11) is 0. The van der Waals surface area contributed by atoms with E-state index in [9.17, 15) is 24.3 Å². The highest BCUT2D eigenvalue weighted by Gasteiger charge is 2.60. The van der Waals surface area contributed by atoms with Gasteiger partial charge >= 0.3 is 18.0 Å². The molecule has 0 saturated carbocycles. The van der Waals surface area contributed by atoms with Crippen molar-refractivity contribution >= 4 is 29.6 Å². The van der Waals surface area contributed by atoms with Crippen molar-refractivity contribution in [2.24, 2.45) is 5.41 Å². The molecule has 9 heteroatoms. The van der Waals surface area contributed by atoms with Gasteiger partial charge in [-0.15, -0.1) is 0 Å². The zero-order valence-corrected chi connectivity index (χ0v) is 23.4. The number of carbonyl (C=O) groups excluding carboxylic acids is 3. The number of likely N-dealkylation sites (tertiary alicyclic amines) is 1. The maximum absolute atomic E-state index is 13.6. The topological polar surface area (TPSA) is 125 Å². The first-order chi connectivity index (χ1) is 19.5. The van der Waals surface area contributed by atoms with Gasteiger partial charge in [0.1, 0.15) is 12.1 Å². The van der Waals surface area contributed by atoms with Crippen molar-refractivity contribution in [2.75, 3.05) is 11.9 Å². The highest BCUT2D eigenvalue weighted by Crippen LogP contribution is 2.51. The fraction of sp³-hybridized carbons (Fsp3) is 0.312. The van der Waals surface area contributed by atoms with Gasteiger partial charge in [-0.3, -0.25) is 4.79 Å². The SMILES string of the molecule is CC(C)(C)C1(C(=O)O)CCC(c2ccccc2)N1C(=O)CNC(=O)Nc1cccc(C(=O)OCc2ccccc2)c1. The van der Waals surface area contributed by atoms with Crippen molar-refractivity contribution < 1.29 is 29.0 Å². The first kappa shape index (κ1) is 29.3. The molecule has 0 aliphatic carbocycles. The van der Waals surface area contributed by atoms with E-state index in [-0.39, 0.29) is 18.6 Å². The van der Waals surface area contributed by atoms with Crippen LogP contribution in [0.25, 0.3) is 0 Å². The third-order valence-corrected chi connectivity index (χ3v) is 7.52. The van der Waals surface area contributed by atoms with Crippen LogP contribution in [0.2, 0.25) is 0 Å². The molecule has 3 aromatic carbocycles. The number of anilines is 1. The first-order valence-corrected chi connectivity index (χ1v) is 13.5. The lowest BCUT2D eigenvalue weighted by Gasteiger charge is -2.46. The van der Waals surface area contributed by atoms with Crippen LogP contribution in [0, 0.1) is 5.41 Å². The van der Waals surface area contributed by atoms with Gasteiger partial charge in [-0.05, 0) is 47.6 Å². The number of ether oxygens (including phenoxy) is 1. The Hall–Kier alpha value is -4.66. The van der Waals surface area contributed by atoms with Crippen LogP contribution >= 0.6 is 0 Å². The molecule has 1 heterocycles. The van der Waals surface area contributed by atoms with E-state index in [0.29, 0.717) is 12.1 Å². The minimum atomic E-state index is -1.45. The van der Waals surface area contributed by atoms with Gasteiger partial charge in [0.05, 0.1) is 18.2 Å². The summed E-state index contributed by atoms with van der Waals surface area (Å²) in [5, 5.41) is 15.6. The Labute approximate surface area is 239 Å². The molecule has 9 nitrogen and oxygen atoms in total. The van der Waals surface area contributed by atoms with E-state index in [1.165, 1.54) is 11.0 Å². The van der Waals surface area contributed by atoms with Gasteiger partial charge in [0.2, 0.25) is 5.91 Å². The minimum Gasteiger partial charge on any atom is -0.479 e. The van der Waals surface area contributed by atoms with Gasteiger partial charge in [0, 0.05) is 5.69 Å². The molecule has 1 aliphatic rings. The summed E-state index contributed by atoms with van der Waals surface area (Å²) < 4.78 is 5.36. The predicted octanol–water partition coefficient (Wildman–Crippen LogP) is 5.40. The van der Waals surface area contributed by atoms with Crippen LogP contribution in [-0.2, 0) is 20.9 Å². The number of hydrogen-bond donors (Lipinski definition) is 3. The lowest BCUT2D eigenvalue weighted by atomic mass is 9.71. The molecule has 0 aromatic heterocycles. The van der Waals surface area contributed by atoms with E-state index in [4.69, 9.17) is 4.74 Å². The summed E-state index contributed by atoms with van der Waals surface area (Å²) in [6.45, 7) is 5.15. The predicted molar refractivity (Wildman–Crippen MR) is 154 cm³/mol. The lowest BCUT2D eigenvalue weighted by molar-refractivity contribution is -0.166. The van der Waals surface area contributed by atoms with Crippen molar-refractivity contribution in [2.45, 2.75) is 51.8 Å². The molecule has 0 radical (unpaired) electrons. The Morgan fingerprint density at radius 2 is 1.61 bits per heavy atom. The van der Waals surface area contributed by atoms with E-state index in [1.807, 2.05) is 81.4 Å². The normalized spacial score (nSPS) is 18.4. The average molecular weight is 558 g/mol. The van der Waals surface area contributed by atoms with Crippen LogP contribution in [0.15, 0.2) is 84.9 Å². The number of nitrogens with one attached hydrogen (secondary N) is 2.